The van der Waals surface area contributed by atoms with Crippen LogP contribution in [0.3, 0.4) is 0 Å². The van der Waals surface area contributed by atoms with E-state index in [0.29, 0.717) is 17.8 Å². The van der Waals surface area contributed by atoms with E-state index < -0.39 is 0 Å². The van der Waals surface area contributed by atoms with Crippen LogP contribution >= 0.6 is 0 Å². The van der Waals surface area contributed by atoms with Crippen molar-refractivity contribution in [2.24, 2.45) is 17.8 Å². The zero-order chi connectivity index (χ0) is 12.0. The lowest BCUT2D eigenvalue weighted by molar-refractivity contribution is -0.130. The first kappa shape index (κ1) is 14.4. The fourth-order valence-electron chi connectivity index (χ4n) is 1.71. The maximum atomic E-state index is 11.5. The van der Waals surface area contributed by atoms with Gasteiger partial charge in [0.25, 0.3) is 0 Å². The Labute approximate surface area is 93.6 Å². The van der Waals surface area contributed by atoms with Crippen molar-refractivity contribution in [1.29, 1.82) is 0 Å². The molecule has 1 amide bonds. The van der Waals surface area contributed by atoms with Crippen molar-refractivity contribution in [2.45, 2.75) is 40.7 Å². The van der Waals surface area contributed by atoms with Gasteiger partial charge in [-0.25, -0.2) is 0 Å². The molecular formula is C12H25NO2. The highest BCUT2D eigenvalue weighted by Gasteiger charge is 2.19. The van der Waals surface area contributed by atoms with E-state index in [1.54, 1.807) is 14.0 Å². The first-order chi connectivity index (χ1) is 6.90. The van der Waals surface area contributed by atoms with Gasteiger partial charge < -0.3 is 10.1 Å². The molecule has 1 atom stereocenters. The van der Waals surface area contributed by atoms with Crippen LogP contribution in [0.1, 0.15) is 34.6 Å². The SMILES string of the molecule is COC(C)C(=O)NCC(C(C)C)C(C)C. The highest BCUT2D eigenvalue weighted by molar-refractivity contribution is 5.80. The van der Waals surface area contributed by atoms with Gasteiger partial charge in [-0.3, -0.25) is 4.79 Å². The third kappa shape index (κ3) is 5.17. The maximum absolute atomic E-state index is 11.5. The fourth-order valence-corrected chi connectivity index (χ4v) is 1.71. The van der Waals surface area contributed by atoms with Crippen molar-refractivity contribution in [3.05, 3.63) is 0 Å². The van der Waals surface area contributed by atoms with E-state index in [9.17, 15) is 4.79 Å². The van der Waals surface area contributed by atoms with E-state index in [2.05, 4.69) is 33.0 Å². The molecule has 1 N–H and O–H groups in total. The van der Waals surface area contributed by atoms with Crippen LogP contribution in [0.5, 0.6) is 0 Å². The van der Waals surface area contributed by atoms with E-state index in [0.717, 1.165) is 6.54 Å². The van der Waals surface area contributed by atoms with Gasteiger partial charge in [0.1, 0.15) is 6.10 Å². The van der Waals surface area contributed by atoms with Gasteiger partial charge in [-0.05, 0) is 24.7 Å². The molecule has 0 fully saturated rings. The minimum absolute atomic E-state index is 0.0243. The number of hydrogen-bond acceptors (Lipinski definition) is 2. The summed E-state index contributed by atoms with van der Waals surface area (Å²) in [6.45, 7) is 11.3. The van der Waals surface area contributed by atoms with Gasteiger partial charge in [0, 0.05) is 13.7 Å². The number of ether oxygens (including phenoxy) is 1. The highest BCUT2D eigenvalue weighted by Crippen LogP contribution is 2.19. The van der Waals surface area contributed by atoms with Gasteiger partial charge in [-0.1, -0.05) is 27.7 Å². The number of methoxy groups -OCH3 is 1. The van der Waals surface area contributed by atoms with Crippen molar-refractivity contribution < 1.29 is 9.53 Å². The number of carbonyl (C=O) groups is 1. The molecule has 90 valence electrons. The quantitative estimate of drug-likeness (QED) is 0.736. The molecule has 0 bridgehead atoms. The number of carbonyl (C=O) groups excluding carboxylic acids is 1. The summed E-state index contributed by atoms with van der Waals surface area (Å²) in [6.07, 6.45) is -0.357. The maximum Gasteiger partial charge on any atom is 0.248 e. The molecule has 0 aromatic rings. The average Bonchev–Trinajstić information content (AvgIpc) is 2.15. The summed E-state index contributed by atoms with van der Waals surface area (Å²) in [4.78, 5) is 11.5. The van der Waals surface area contributed by atoms with Crippen LogP contribution in [0.15, 0.2) is 0 Å². The third-order valence-corrected chi connectivity index (χ3v) is 2.95. The van der Waals surface area contributed by atoms with Crippen LogP contribution in [0.4, 0.5) is 0 Å². The van der Waals surface area contributed by atoms with Gasteiger partial charge in [0.2, 0.25) is 5.91 Å². The number of nitrogens with one attached hydrogen (secondary N) is 1. The molecule has 0 heterocycles. The zero-order valence-electron chi connectivity index (χ0n) is 10.8. The molecule has 0 aliphatic heterocycles. The first-order valence-electron chi connectivity index (χ1n) is 5.70. The molecule has 0 radical (unpaired) electrons. The minimum atomic E-state index is -0.357. The summed E-state index contributed by atoms with van der Waals surface area (Å²) < 4.78 is 4.95. The molecule has 0 aliphatic carbocycles. The van der Waals surface area contributed by atoms with Gasteiger partial charge in [-0.15, -0.1) is 0 Å². The lowest BCUT2D eigenvalue weighted by atomic mass is 9.85. The lowest BCUT2D eigenvalue weighted by Gasteiger charge is -2.25. The van der Waals surface area contributed by atoms with Crippen LogP contribution in [0.25, 0.3) is 0 Å². The fraction of sp³-hybridized carbons (Fsp3) is 0.917. The molecule has 0 saturated heterocycles. The van der Waals surface area contributed by atoms with Crippen LogP contribution in [0.2, 0.25) is 0 Å². The summed E-state index contributed by atoms with van der Waals surface area (Å²) in [6, 6.07) is 0. The predicted octanol–water partition coefficient (Wildman–Crippen LogP) is 2.07. The van der Waals surface area contributed by atoms with Crippen LogP contribution in [-0.2, 0) is 9.53 Å². The second-order valence-corrected chi connectivity index (χ2v) is 4.77. The minimum Gasteiger partial charge on any atom is -0.372 e. The summed E-state index contributed by atoms with van der Waals surface area (Å²) in [5.41, 5.74) is 0. The van der Waals surface area contributed by atoms with E-state index in [4.69, 9.17) is 4.74 Å². The monoisotopic (exact) mass is 215 g/mol. The first-order valence-corrected chi connectivity index (χ1v) is 5.70. The van der Waals surface area contributed by atoms with Crippen LogP contribution in [0, 0.1) is 17.8 Å². The summed E-state index contributed by atoms with van der Waals surface area (Å²) in [7, 11) is 1.55. The van der Waals surface area contributed by atoms with Crippen molar-refractivity contribution in [1.82, 2.24) is 5.32 Å². The largest absolute Gasteiger partial charge is 0.372 e. The molecule has 0 saturated carbocycles. The molecule has 3 nitrogen and oxygen atoms in total. The predicted molar refractivity (Wildman–Crippen MR) is 62.6 cm³/mol. The van der Waals surface area contributed by atoms with Gasteiger partial charge in [0.15, 0.2) is 0 Å². The van der Waals surface area contributed by atoms with Gasteiger partial charge in [-0.2, -0.15) is 0 Å². The Morgan fingerprint density at radius 1 is 1.13 bits per heavy atom. The second kappa shape index (κ2) is 6.83. The molecule has 0 aromatic heterocycles. The molecule has 0 spiro atoms. The molecule has 0 aromatic carbocycles. The Morgan fingerprint density at radius 3 is 1.93 bits per heavy atom. The third-order valence-electron chi connectivity index (χ3n) is 2.95. The van der Waals surface area contributed by atoms with Crippen molar-refractivity contribution >= 4 is 5.91 Å². The highest BCUT2D eigenvalue weighted by atomic mass is 16.5. The molecule has 1 unspecified atom stereocenters. The normalized spacial score (nSPS) is 13.7. The van der Waals surface area contributed by atoms with Crippen molar-refractivity contribution in [3.63, 3.8) is 0 Å². The summed E-state index contributed by atoms with van der Waals surface area (Å²) in [5.74, 6) is 1.67. The van der Waals surface area contributed by atoms with Gasteiger partial charge in [0.05, 0.1) is 0 Å². The van der Waals surface area contributed by atoms with Crippen LogP contribution in [-0.4, -0.2) is 25.7 Å². The summed E-state index contributed by atoms with van der Waals surface area (Å²) in [5, 5.41) is 2.93. The Bertz CT molecular complexity index is 182. The number of amides is 1. The molecule has 15 heavy (non-hydrogen) atoms. The van der Waals surface area contributed by atoms with Crippen molar-refractivity contribution in [2.75, 3.05) is 13.7 Å². The smallest absolute Gasteiger partial charge is 0.248 e. The average molecular weight is 215 g/mol. The molecule has 0 rings (SSSR count). The van der Waals surface area contributed by atoms with Crippen molar-refractivity contribution in [3.8, 4) is 0 Å². The van der Waals surface area contributed by atoms with E-state index in [1.807, 2.05) is 0 Å². The lowest BCUT2D eigenvalue weighted by Crippen LogP contribution is -2.39. The van der Waals surface area contributed by atoms with E-state index in [-0.39, 0.29) is 12.0 Å². The Hall–Kier alpha value is -0.570. The van der Waals surface area contributed by atoms with Crippen LogP contribution < -0.4 is 5.32 Å². The Morgan fingerprint density at radius 2 is 1.60 bits per heavy atom. The summed E-state index contributed by atoms with van der Waals surface area (Å²) >= 11 is 0. The standard InChI is InChI=1S/C12H25NO2/c1-8(2)11(9(3)4)7-13-12(14)10(5)15-6/h8-11H,7H2,1-6H3,(H,13,14). The topological polar surface area (TPSA) is 38.3 Å². The zero-order valence-corrected chi connectivity index (χ0v) is 10.8. The van der Waals surface area contributed by atoms with Gasteiger partial charge >= 0.3 is 0 Å². The number of rotatable bonds is 6. The number of hydrogen-bond donors (Lipinski definition) is 1. The van der Waals surface area contributed by atoms with E-state index >= 15 is 0 Å². The Balaban J connectivity index is 4.05. The molecule has 0 aliphatic rings. The molecule has 3 heteroatoms. The van der Waals surface area contributed by atoms with E-state index in [1.165, 1.54) is 0 Å². The Kier molecular flexibility index (Phi) is 6.57. The second-order valence-electron chi connectivity index (χ2n) is 4.77. The molecular weight excluding hydrogens is 190 g/mol.